The van der Waals surface area contributed by atoms with Gasteiger partial charge in [0.1, 0.15) is 5.82 Å². The van der Waals surface area contributed by atoms with Crippen molar-refractivity contribution in [3.05, 3.63) is 90.3 Å². The molecule has 1 saturated heterocycles. The number of benzene rings is 3. The molecule has 3 aromatic carbocycles. The van der Waals surface area contributed by atoms with E-state index in [2.05, 4.69) is 9.97 Å². The first-order valence-electron chi connectivity index (χ1n) is 10.8. The first-order valence-corrected chi connectivity index (χ1v) is 12.3. The van der Waals surface area contributed by atoms with Crippen molar-refractivity contribution in [1.82, 2.24) is 14.9 Å². The van der Waals surface area contributed by atoms with E-state index >= 15 is 0 Å². The highest BCUT2D eigenvalue weighted by Gasteiger charge is 2.33. The van der Waals surface area contributed by atoms with Crippen molar-refractivity contribution >= 4 is 32.7 Å². The number of anilines is 1. The molecule has 1 N–H and O–H groups in total. The second-order valence-corrected chi connectivity index (χ2v) is 10.1. The lowest BCUT2D eigenvalue weighted by atomic mass is 10.1. The Labute approximate surface area is 192 Å². The van der Waals surface area contributed by atoms with Gasteiger partial charge in [0.25, 0.3) is 15.9 Å². The van der Waals surface area contributed by atoms with E-state index in [1.54, 1.807) is 36.4 Å². The minimum Gasteiger partial charge on any atom is -0.340 e. The summed E-state index contributed by atoms with van der Waals surface area (Å²) in [5, 5.41) is 0. The molecule has 1 unspecified atom stereocenters. The van der Waals surface area contributed by atoms with Crippen LogP contribution in [0.25, 0.3) is 11.0 Å². The van der Waals surface area contributed by atoms with Crippen LogP contribution < -0.4 is 4.31 Å². The van der Waals surface area contributed by atoms with Gasteiger partial charge in [0, 0.05) is 19.2 Å². The number of hydrogen-bond acceptors (Lipinski definition) is 4. The second kappa shape index (κ2) is 8.37. The van der Waals surface area contributed by atoms with Crippen LogP contribution in [0.2, 0.25) is 0 Å². The van der Waals surface area contributed by atoms with Gasteiger partial charge in [0.05, 0.1) is 27.7 Å². The topological polar surface area (TPSA) is 86.4 Å². The molecule has 1 amide bonds. The number of likely N-dealkylation sites (tertiary alicyclic amines) is 1. The van der Waals surface area contributed by atoms with Crippen molar-refractivity contribution in [1.29, 1.82) is 0 Å². The number of para-hydroxylation sites is 3. The summed E-state index contributed by atoms with van der Waals surface area (Å²) in [5.74, 6) is 0.657. The van der Waals surface area contributed by atoms with Crippen molar-refractivity contribution in [3.63, 3.8) is 0 Å². The van der Waals surface area contributed by atoms with E-state index in [1.165, 1.54) is 23.5 Å². The van der Waals surface area contributed by atoms with E-state index < -0.39 is 10.0 Å². The number of nitrogens with zero attached hydrogens (tertiary/aromatic N) is 3. The van der Waals surface area contributed by atoms with E-state index in [-0.39, 0.29) is 16.8 Å². The Hall–Kier alpha value is -3.65. The molecule has 0 aliphatic carbocycles. The summed E-state index contributed by atoms with van der Waals surface area (Å²) < 4.78 is 27.3. The minimum absolute atomic E-state index is 0.127. The van der Waals surface area contributed by atoms with E-state index in [4.69, 9.17) is 0 Å². The highest BCUT2D eigenvalue weighted by atomic mass is 32.2. The van der Waals surface area contributed by atoms with Gasteiger partial charge in [-0.1, -0.05) is 30.3 Å². The number of H-pyrrole nitrogens is 1. The lowest BCUT2D eigenvalue weighted by Gasteiger charge is -2.23. The number of fused-ring (bicyclic) bond motifs is 1. The highest BCUT2D eigenvalue weighted by Crippen LogP contribution is 2.33. The van der Waals surface area contributed by atoms with Crippen LogP contribution in [0.4, 0.5) is 5.69 Å². The Kier molecular flexibility index (Phi) is 5.38. The third-order valence-electron chi connectivity index (χ3n) is 6.12. The zero-order valence-corrected chi connectivity index (χ0v) is 19.0. The molecule has 8 heteroatoms. The Morgan fingerprint density at radius 1 is 1.00 bits per heavy atom. The molecular formula is C25H24N4O3S. The number of aromatic amines is 1. The second-order valence-electron chi connectivity index (χ2n) is 8.13. The maximum absolute atomic E-state index is 13.3. The van der Waals surface area contributed by atoms with E-state index in [1.807, 2.05) is 35.2 Å². The summed E-state index contributed by atoms with van der Waals surface area (Å²) in [7, 11) is -2.21. The lowest BCUT2D eigenvalue weighted by molar-refractivity contribution is 0.0730. The number of hydrogen-bond donors (Lipinski definition) is 1. The predicted octanol–water partition coefficient (Wildman–Crippen LogP) is 4.37. The Balaban J connectivity index is 1.38. The molecule has 0 bridgehead atoms. The van der Waals surface area contributed by atoms with Gasteiger partial charge in [-0.05, 0) is 61.4 Å². The standard InChI is InChI=1S/C25H24N4O3S/c1-28(19-8-3-2-4-9-19)33(31,32)20-15-13-18(14-16-20)25(30)29-17-7-12-23(29)24-26-21-10-5-6-11-22(21)27-24/h2-6,8-11,13-16,23H,7,12,17H2,1H3,(H,26,27). The molecule has 7 nitrogen and oxygen atoms in total. The van der Waals surface area contributed by atoms with Gasteiger partial charge in [-0.25, -0.2) is 13.4 Å². The maximum Gasteiger partial charge on any atom is 0.264 e. The largest absolute Gasteiger partial charge is 0.340 e. The van der Waals surface area contributed by atoms with Crippen LogP contribution in [0.15, 0.2) is 83.8 Å². The molecule has 5 rings (SSSR count). The monoisotopic (exact) mass is 460 g/mol. The summed E-state index contributed by atoms with van der Waals surface area (Å²) in [4.78, 5) is 23.3. The quantitative estimate of drug-likeness (QED) is 0.479. The number of rotatable bonds is 5. The summed E-state index contributed by atoms with van der Waals surface area (Å²) in [6.45, 7) is 0.636. The van der Waals surface area contributed by atoms with Gasteiger partial charge >= 0.3 is 0 Å². The zero-order valence-electron chi connectivity index (χ0n) is 18.2. The van der Waals surface area contributed by atoms with Gasteiger partial charge in [-0.2, -0.15) is 0 Å². The van der Waals surface area contributed by atoms with Gasteiger partial charge in [-0.3, -0.25) is 9.10 Å². The Morgan fingerprint density at radius 2 is 1.70 bits per heavy atom. The first kappa shape index (κ1) is 21.2. The smallest absolute Gasteiger partial charge is 0.264 e. The molecule has 1 aromatic heterocycles. The van der Waals surface area contributed by atoms with E-state index in [9.17, 15) is 13.2 Å². The molecule has 33 heavy (non-hydrogen) atoms. The molecule has 4 aromatic rings. The summed E-state index contributed by atoms with van der Waals surface area (Å²) >= 11 is 0. The van der Waals surface area contributed by atoms with Crippen LogP contribution in [-0.4, -0.2) is 42.8 Å². The fourth-order valence-electron chi connectivity index (χ4n) is 4.29. The fraction of sp³-hybridized carbons (Fsp3) is 0.200. The van der Waals surface area contributed by atoms with Crippen molar-refractivity contribution in [2.45, 2.75) is 23.8 Å². The number of nitrogens with one attached hydrogen (secondary N) is 1. The molecule has 2 heterocycles. The van der Waals surface area contributed by atoms with Crippen molar-refractivity contribution in [3.8, 4) is 0 Å². The average Bonchev–Trinajstić information content (AvgIpc) is 3.50. The van der Waals surface area contributed by atoms with Crippen molar-refractivity contribution < 1.29 is 13.2 Å². The molecule has 168 valence electrons. The average molecular weight is 461 g/mol. The SMILES string of the molecule is CN(c1ccccc1)S(=O)(=O)c1ccc(C(=O)N2CCCC2c2nc3ccccc3[nH]2)cc1. The zero-order chi connectivity index (χ0) is 23.0. The molecule has 0 spiro atoms. The molecule has 1 fully saturated rings. The molecule has 1 aliphatic heterocycles. The maximum atomic E-state index is 13.3. The summed E-state index contributed by atoms with van der Waals surface area (Å²) in [5.41, 5.74) is 2.86. The van der Waals surface area contributed by atoms with Crippen LogP contribution in [0, 0.1) is 0 Å². The van der Waals surface area contributed by atoms with E-state index in [0.29, 0.717) is 17.8 Å². The number of sulfonamides is 1. The van der Waals surface area contributed by atoms with Crippen LogP contribution >= 0.6 is 0 Å². The Morgan fingerprint density at radius 3 is 2.42 bits per heavy atom. The van der Waals surface area contributed by atoms with Crippen LogP contribution in [0.5, 0.6) is 0 Å². The third kappa shape index (κ3) is 3.87. The number of imidazole rings is 1. The number of aromatic nitrogens is 2. The van der Waals surface area contributed by atoms with Gasteiger partial charge in [0.2, 0.25) is 0 Å². The molecule has 1 atom stereocenters. The van der Waals surface area contributed by atoms with Crippen LogP contribution in [0.3, 0.4) is 0 Å². The fourth-order valence-corrected chi connectivity index (χ4v) is 5.49. The lowest BCUT2D eigenvalue weighted by Crippen LogP contribution is -2.31. The van der Waals surface area contributed by atoms with E-state index in [0.717, 1.165) is 29.7 Å². The van der Waals surface area contributed by atoms with Crippen molar-refractivity contribution in [2.75, 3.05) is 17.9 Å². The third-order valence-corrected chi connectivity index (χ3v) is 7.92. The summed E-state index contributed by atoms with van der Waals surface area (Å²) in [6.07, 6.45) is 1.72. The van der Waals surface area contributed by atoms with Gasteiger partial charge < -0.3 is 9.88 Å². The molecule has 1 aliphatic rings. The normalized spacial score (nSPS) is 16.3. The first-order chi connectivity index (χ1) is 15.9. The molecular weight excluding hydrogens is 436 g/mol. The van der Waals surface area contributed by atoms with Gasteiger partial charge in [-0.15, -0.1) is 0 Å². The molecule has 0 radical (unpaired) electrons. The number of amides is 1. The molecule has 0 saturated carbocycles. The van der Waals surface area contributed by atoms with Crippen LogP contribution in [0.1, 0.15) is 35.1 Å². The minimum atomic E-state index is -3.73. The highest BCUT2D eigenvalue weighted by molar-refractivity contribution is 7.92. The number of carbonyl (C=O) groups is 1. The van der Waals surface area contributed by atoms with Crippen molar-refractivity contribution in [2.24, 2.45) is 0 Å². The van der Waals surface area contributed by atoms with Crippen LogP contribution in [-0.2, 0) is 10.0 Å². The number of carbonyl (C=O) groups excluding carboxylic acids is 1. The predicted molar refractivity (Wildman–Crippen MR) is 128 cm³/mol. The van der Waals surface area contributed by atoms with Gasteiger partial charge in [0.15, 0.2) is 0 Å². The Bertz CT molecular complexity index is 1370. The summed E-state index contributed by atoms with van der Waals surface area (Å²) in [6, 6.07) is 22.7.